The smallest absolute Gasteiger partial charge is 0.411 e. The number of nitrogens with zero attached hydrogens (tertiary/aromatic N) is 1. The lowest BCUT2D eigenvalue weighted by Crippen LogP contribution is -2.38. The summed E-state index contributed by atoms with van der Waals surface area (Å²) in [6, 6.07) is 0. The number of carbonyl (C=O) groups excluding carboxylic acids is 1. The Morgan fingerprint density at radius 3 is 2.75 bits per heavy atom. The van der Waals surface area contributed by atoms with Crippen LogP contribution in [-0.4, -0.2) is 35.9 Å². The fourth-order valence-corrected chi connectivity index (χ4v) is 1.78. The highest BCUT2D eigenvalue weighted by Crippen LogP contribution is 2.24. The van der Waals surface area contributed by atoms with E-state index in [-0.39, 0.29) is 12.3 Å². The third-order valence-corrected chi connectivity index (χ3v) is 2.37. The molecule has 90 valence electrons. The summed E-state index contributed by atoms with van der Waals surface area (Å²) in [5.74, 6) is 0.860. The van der Waals surface area contributed by atoms with E-state index in [4.69, 9.17) is 9.47 Å². The molecule has 16 heavy (non-hydrogen) atoms. The van der Waals surface area contributed by atoms with Gasteiger partial charge in [-0.15, -0.1) is 0 Å². The first-order valence-electron chi connectivity index (χ1n) is 5.48. The molecule has 0 spiro atoms. The van der Waals surface area contributed by atoms with Gasteiger partial charge in [0.15, 0.2) is 6.23 Å². The molecule has 1 atom stereocenters. The summed E-state index contributed by atoms with van der Waals surface area (Å²) in [6.07, 6.45) is -0.272. The molecular weight excluding hydrogens is 208 g/mol. The monoisotopic (exact) mass is 226 g/mol. The second-order valence-corrected chi connectivity index (χ2v) is 5.14. The molecule has 0 radical (unpaired) electrons. The van der Waals surface area contributed by atoms with Crippen molar-refractivity contribution in [1.82, 2.24) is 10.2 Å². The van der Waals surface area contributed by atoms with E-state index in [0.717, 1.165) is 11.5 Å². The average molecular weight is 226 g/mol. The topological polar surface area (TPSA) is 50.8 Å². The van der Waals surface area contributed by atoms with Crippen LogP contribution in [0.5, 0.6) is 0 Å². The van der Waals surface area contributed by atoms with Gasteiger partial charge >= 0.3 is 6.09 Å². The second-order valence-electron chi connectivity index (χ2n) is 5.14. The Kier molecular flexibility index (Phi) is 2.48. The lowest BCUT2D eigenvalue weighted by Gasteiger charge is -2.25. The predicted octanol–water partition coefficient (Wildman–Crippen LogP) is 1.41. The van der Waals surface area contributed by atoms with Crippen molar-refractivity contribution in [3.05, 3.63) is 11.5 Å². The summed E-state index contributed by atoms with van der Waals surface area (Å²) in [5.41, 5.74) is 0.546. The van der Waals surface area contributed by atoms with Crippen LogP contribution >= 0.6 is 0 Å². The van der Waals surface area contributed by atoms with E-state index in [2.05, 4.69) is 5.32 Å². The Labute approximate surface area is 95.4 Å². The van der Waals surface area contributed by atoms with E-state index >= 15 is 0 Å². The Morgan fingerprint density at radius 2 is 2.19 bits per heavy atom. The maximum atomic E-state index is 11.8. The fourth-order valence-electron chi connectivity index (χ4n) is 1.78. The summed E-state index contributed by atoms with van der Waals surface area (Å²) in [6.45, 7) is 8.57. The number of carbonyl (C=O) groups is 1. The van der Waals surface area contributed by atoms with Crippen LogP contribution in [0, 0.1) is 0 Å². The fraction of sp³-hybridized carbons (Fsp3) is 0.727. The van der Waals surface area contributed by atoms with Crippen molar-refractivity contribution in [3.63, 3.8) is 0 Å². The molecule has 1 N–H and O–H groups in total. The zero-order valence-electron chi connectivity index (χ0n) is 10.2. The first kappa shape index (κ1) is 11.1. The maximum absolute atomic E-state index is 11.8. The van der Waals surface area contributed by atoms with Crippen molar-refractivity contribution >= 4 is 6.09 Å². The van der Waals surface area contributed by atoms with Crippen LogP contribution in [-0.2, 0) is 9.47 Å². The highest BCUT2D eigenvalue weighted by atomic mass is 16.6. The summed E-state index contributed by atoms with van der Waals surface area (Å²) in [7, 11) is 0. The Hall–Kier alpha value is -1.39. The molecule has 0 saturated heterocycles. The minimum atomic E-state index is -0.453. The van der Waals surface area contributed by atoms with E-state index in [0.29, 0.717) is 13.1 Å². The van der Waals surface area contributed by atoms with E-state index < -0.39 is 5.60 Å². The van der Waals surface area contributed by atoms with Crippen LogP contribution in [0.1, 0.15) is 27.7 Å². The quantitative estimate of drug-likeness (QED) is 0.678. The molecule has 1 amide bonds. The molecule has 0 aliphatic carbocycles. The van der Waals surface area contributed by atoms with Crippen molar-refractivity contribution in [1.29, 1.82) is 0 Å². The van der Waals surface area contributed by atoms with Crippen LogP contribution in [0.4, 0.5) is 4.79 Å². The molecule has 0 aromatic rings. The van der Waals surface area contributed by atoms with E-state index in [1.807, 2.05) is 27.7 Å². The average Bonchev–Trinajstić information content (AvgIpc) is 2.56. The van der Waals surface area contributed by atoms with Gasteiger partial charge in [0, 0.05) is 0 Å². The molecule has 0 bridgehead atoms. The third kappa shape index (κ3) is 2.23. The van der Waals surface area contributed by atoms with Gasteiger partial charge in [0.1, 0.15) is 11.4 Å². The molecule has 2 rings (SSSR count). The van der Waals surface area contributed by atoms with Gasteiger partial charge < -0.3 is 14.8 Å². The Morgan fingerprint density at radius 1 is 1.50 bits per heavy atom. The minimum Gasteiger partial charge on any atom is -0.472 e. The SMILES string of the molecule is CC1NC2=C(CN(C(=O)OC(C)(C)C)C2)O1. The van der Waals surface area contributed by atoms with Crippen LogP contribution in [0.15, 0.2) is 11.5 Å². The van der Waals surface area contributed by atoms with Crippen molar-refractivity contribution in [2.24, 2.45) is 0 Å². The first-order chi connectivity index (χ1) is 7.35. The molecule has 5 nitrogen and oxygen atoms in total. The van der Waals surface area contributed by atoms with Gasteiger partial charge in [-0.2, -0.15) is 0 Å². The molecule has 0 saturated carbocycles. The molecular formula is C11H18N2O3. The normalized spacial score (nSPS) is 24.0. The van der Waals surface area contributed by atoms with Gasteiger partial charge in [-0.25, -0.2) is 4.79 Å². The van der Waals surface area contributed by atoms with E-state index in [9.17, 15) is 4.79 Å². The zero-order chi connectivity index (χ0) is 11.9. The van der Waals surface area contributed by atoms with Crippen LogP contribution in [0.2, 0.25) is 0 Å². The summed E-state index contributed by atoms with van der Waals surface area (Å²) in [5, 5.41) is 3.17. The number of ether oxygens (including phenoxy) is 2. The summed E-state index contributed by atoms with van der Waals surface area (Å²) in [4.78, 5) is 13.4. The lowest BCUT2D eigenvalue weighted by molar-refractivity contribution is 0.0252. The molecule has 0 aromatic heterocycles. The van der Waals surface area contributed by atoms with Crippen LogP contribution < -0.4 is 5.32 Å². The molecule has 0 fully saturated rings. The molecule has 2 aliphatic rings. The minimum absolute atomic E-state index is 0.0192. The number of nitrogens with one attached hydrogen (secondary N) is 1. The number of hydrogen-bond acceptors (Lipinski definition) is 4. The van der Waals surface area contributed by atoms with E-state index in [1.165, 1.54) is 0 Å². The zero-order valence-corrected chi connectivity index (χ0v) is 10.2. The number of rotatable bonds is 0. The van der Waals surface area contributed by atoms with Crippen LogP contribution in [0.3, 0.4) is 0 Å². The molecule has 2 heterocycles. The summed E-state index contributed by atoms with van der Waals surface area (Å²) < 4.78 is 10.8. The third-order valence-electron chi connectivity index (χ3n) is 2.37. The lowest BCUT2D eigenvalue weighted by atomic mass is 10.2. The summed E-state index contributed by atoms with van der Waals surface area (Å²) >= 11 is 0. The highest BCUT2D eigenvalue weighted by molar-refractivity contribution is 5.69. The van der Waals surface area contributed by atoms with Crippen molar-refractivity contribution in [3.8, 4) is 0 Å². The van der Waals surface area contributed by atoms with Gasteiger partial charge in [-0.3, -0.25) is 4.90 Å². The standard InChI is InChI=1S/C11H18N2O3/c1-7-12-8-5-13(6-9(8)15-7)10(14)16-11(2,3)4/h7,12H,5-6H2,1-4H3. The van der Waals surface area contributed by atoms with Gasteiger partial charge in [0.25, 0.3) is 0 Å². The largest absolute Gasteiger partial charge is 0.472 e. The van der Waals surface area contributed by atoms with Gasteiger partial charge in [-0.05, 0) is 27.7 Å². The molecule has 5 heteroatoms. The number of hydrogen-bond donors (Lipinski definition) is 1. The first-order valence-corrected chi connectivity index (χ1v) is 5.48. The van der Waals surface area contributed by atoms with Gasteiger partial charge in [-0.1, -0.05) is 0 Å². The molecule has 0 aromatic carbocycles. The maximum Gasteiger partial charge on any atom is 0.411 e. The van der Waals surface area contributed by atoms with Gasteiger partial charge in [0.05, 0.1) is 18.8 Å². The second kappa shape index (κ2) is 3.57. The van der Waals surface area contributed by atoms with Crippen molar-refractivity contribution in [2.45, 2.75) is 39.5 Å². The predicted molar refractivity (Wildman–Crippen MR) is 58.5 cm³/mol. The van der Waals surface area contributed by atoms with Crippen molar-refractivity contribution in [2.75, 3.05) is 13.1 Å². The number of amides is 1. The Balaban J connectivity index is 1.90. The van der Waals surface area contributed by atoms with Crippen LogP contribution in [0.25, 0.3) is 0 Å². The highest BCUT2D eigenvalue weighted by Gasteiger charge is 2.34. The molecule has 2 aliphatic heterocycles. The van der Waals surface area contributed by atoms with Crippen molar-refractivity contribution < 1.29 is 14.3 Å². The Bertz CT molecular complexity index is 326. The van der Waals surface area contributed by atoms with E-state index in [1.54, 1.807) is 4.90 Å². The van der Waals surface area contributed by atoms with Gasteiger partial charge in [0.2, 0.25) is 0 Å². The molecule has 1 unspecified atom stereocenters.